The van der Waals surface area contributed by atoms with Crippen LogP contribution in [0.5, 0.6) is 0 Å². The molecule has 0 aliphatic rings. The monoisotopic (exact) mass is 290 g/mol. The third kappa shape index (κ3) is 2.67. The van der Waals surface area contributed by atoms with Crippen LogP contribution in [0.4, 0.5) is 0 Å². The van der Waals surface area contributed by atoms with Crippen LogP contribution in [0.2, 0.25) is 0 Å². The maximum Gasteiger partial charge on any atom is 0.0731 e. The van der Waals surface area contributed by atoms with Gasteiger partial charge in [-0.15, -0.1) is 0 Å². The molecule has 110 valence electrons. The Labute approximate surface area is 136 Å². The highest BCUT2D eigenvalue weighted by Crippen LogP contribution is 2.33. The highest BCUT2D eigenvalue weighted by molar-refractivity contribution is 5.63. The summed E-state index contributed by atoms with van der Waals surface area (Å²) in [5.41, 5.74) is 3.32. The van der Waals surface area contributed by atoms with E-state index in [1.54, 1.807) is 12.3 Å². The highest BCUT2D eigenvalue weighted by atomic mass is 14.7. The van der Waals surface area contributed by atoms with E-state index in [4.69, 9.17) is 4.11 Å². The molecule has 0 amide bonds. The summed E-state index contributed by atoms with van der Waals surface area (Å²) in [6.07, 6.45) is 1.80. The van der Waals surface area contributed by atoms with Gasteiger partial charge in [-0.3, -0.25) is 4.98 Å². The largest absolute Gasteiger partial charge is 0.256 e. The predicted octanol–water partition coefficient (Wildman–Crippen LogP) is 5.38. The second-order valence-corrected chi connectivity index (χ2v) is 5.98. The summed E-state index contributed by atoms with van der Waals surface area (Å²) in [5.74, 6) is 0. The average molecular weight is 290 g/mol. The molecule has 0 N–H and O–H groups in total. The predicted molar refractivity (Wildman–Crippen MR) is 93.0 cm³/mol. The van der Waals surface area contributed by atoms with Crippen molar-refractivity contribution in [2.24, 2.45) is 0 Å². The Morgan fingerprint density at radius 3 is 2.14 bits per heavy atom. The zero-order chi connectivity index (χ0) is 18.1. The number of aryl methyl sites for hydroxylation is 1. The Kier molecular flexibility index (Phi) is 2.93. The molecule has 3 aromatic rings. The fourth-order valence-electron chi connectivity index (χ4n) is 2.65. The highest BCUT2D eigenvalue weighted by Gasteiger charge is 2.23. The number of hydrogen-bond donors (Lipinski definition) is 0. The number of benzene rings is 2. The maximum absolute atomic E-state index is 7.96. The molecule has 0 aliphatic heterocycles. The molecule has 1 aromatic heterocycles. The van der Waals surface area contributed by atoms with E-state index in [2.05, 4.69) is 31.0 Å². The van der Waals surface area contributed by atoms with Crippen LogP contribution in [0.3, 0.4) is 0 Å². The first kappa shape index (κ1) is 11.2. The number of hydrogen-bond acceptors (Lipinski definition) is 1. The average Bonchev–Trinajstić information content (AvgIpc) is 2.62. The Balaban J connectivity index is 2.16. The molecule has 0 fully saturated rings. The summed E-state index contributed by atoms with van der Waals surface area (Å²) in [4.78, 5) is 4.55. The molecule has 0 saturated heterocycles. The lowest BCUT2D eigenvalue weighted by atomic mass is 9.78. The zero-order valence-electron chi connectivity index (χ0n) is 15.9. The minimum atomic E-state index is -2.22. The quantitative estimate of drug-likeness (QED) is 0.631. The second kappa shape index (κ2) is 5.76. The van der Waals surface area contributed by atoms with Gasteiger partial charge in [0.15, 0.2) is 0 Å². The Bertz CT molecular complexity index is 853. The molecule has 0 unspecified atom stereocenters. The van der Waals surface area contributed by atoms with Crippen LogP contribution < -0.4 is 0 Å². The fourth-order valence-corrected chi connectivity index (χ4v) is 2.65. The smallest absolute Gasteiger partial charge is 0.0731 e. The second-order valence-electron chi connectivity index (χ2n) is 5.98. The summed E-state index contributed by atoms with van der Waals surface area (Å²) >= 11 is 0. The van der Waals surface area contributed by atoms with Crippen LogP contribution in [0, 0.1) is 6.85 Å². The minimum Gasteiger partial charge on any atom is -0.256 e. The van der Waals surface area contributed by atoms with Crippen LogP contribution in [0.15, 0.2) is 72.9 Å². The van der Waals surface area contributed by atoms with Gasteiger partial charge in [0.05, 0.1) is 5.69 Å². The molecule has 22 heavy (non-hydrogen) atoms. The summed E-state index contributed by atoms with van der Waals surface area (Å²) in [6.45, 7) is 1.95. The lowest BCUT2D eigenvalue weighted by molar-refractivity contribution is 0.637. The topological polar surface area (TPSA) is 12.9 Å². The van der Waals surface area contributed by atoms with Gasteiger partial charge in [-0.25, -0.2) is 0 Å². The molecule has 3 rings (SSSR count). The third-order valence-electron chi connectivity index (χ3n) is 4.15. The van der Waals surface area contributed by atoms with Crippen LogP contribution in [0.1, 0.15) is 34.7 Å². The van der Waals surface area contributed by atoms with Gasteiger partial charge in [0.25, 0.3) is 0 Å². The van der Waals surface area contributed by atoms with Gasteiger partial charge < -0.3 is 0 Å². The number of pyridine rings is 1. The number of nitrogens with zero attached hydrogens (tertiary/aromatic N) is 1. The molecule has 1 heterocycles. The van der Waals surface area contributed by atoms with Crippen molar-refractivity contribution >= 4 is 0 Å². The SMILES string of the molecule is [2H]C([2H])([2H])c1cc(C(C)(C)c2ccccc2)cnc1-c1ccccc1. The molecule has 0 aliphatic carbocycles. The molecular formula is C21H21N. The van der Waals surface area contributed by atoms with Crippen LogP contribution in [0.25, 0.3) is 11.3 Å². The van der Waals surface area contributed by atoms with Crippen molar-refractivity contribution in [3.63, 3.8) is 0 Å². The van der Waals surface area contributed by atoms with E-state index in [0.717, 1.165) is 16.7 Å². The lowest BCUT2D eigenvalue weighted by Crippen LogP contribution is -2.19. The molecule has 1 heteroatoms. The van der Waals surface area contributed by atoms with Crippen LogP contribution in [-0.2, 0) is 5.41 Å². The van der Waals surface area contributed by atoms with Gasteiger partial charge in [0, 0.05) is 21.3 Å². The molecular weight excluding hydrogens is 266 g/mol. The molecule has 0 spiro atoms. The lowest BCUT2D eigenvalue weighted by Gasteiger charge is -2.26. The van der Waals surface area contributed by atoms with E-state index in [-0.39, 0.29) is 5.41 Å². The van der Waals surface area contributed by atoms with E-state index in [9.17, 15) is 0 Å². The van der Waals surface area contributed by atoms with Crippen LogP contribution >= 0.6 is 0 Å². The first-order chi connectivity index (χ1) is 11.8. The van der Waals surface area contributed by atoms with Gasteiger partial charge in [0.1, 0.15) is 0 Å². The fraction of sp³-hybridized carbons (Fsp3) is 0.190. The van der Waals surface area contributed by atoms with Gasteiger partial charge in [0.2, 0.25) is 0 Å². The molecule has 0 atom stereocenters. The van der Waals surface area contributed by atoms with Crippen molar-refractivity contribution in [2.45, 2.75) is 26.1 Å². The number of aromatic nitrogens is 1. The van der Waals surface area contributed by atoms with Crippen molar-refractivity contribution in [3.8, 4) is 11.3 Å². The third-order valence-corrected chi connectivity index (χ3v) is 4.15. The van der Waals surface area contributed by atoms with Crippen molar-refractivity contribution in [2.75, 3.05) is 0 Å². The molecule has 0 radical (unpaired) electrons. The van der Waals surface area contributed by atoms with Crippen LogP contribution in [-0.4, -0.2) is 4.98 Å². The first-order valence-corrected chi connectivity index (χ1v) is 7.42. The number of rotatable bonds is 3. The van der Waals surface area contributed by atoms with Gasteiger partial charge >= 0.3 is 0 Å². The zero-order valence-corrected chi connectivity index (χ0v) is 12.9. The summed E-state index contributed by atoms with van der Waals surface area (Å²) in [5, 5.41) is 0. The van der Waals surface area contributed by atoms with E-state index < -0.39 is 6.85 Å². The van der Waals surface area contributed by atoms with E-state index in [1.165, 1.54) is 0 Å². The Morgan fingerprint density at radius 2 is 1.50 bits per heavy atom. The van der Waals surface area contributed by atoms with Crippen molar-refractivity contribution in [1.29, 1.82) is 0 Å². The first-order valence-electron chi connectivity index (χ1n) is 8.92. The van der Waals surface area contributed by atoms with E-state index in [0.29, 0.717) is 11.3 Å². The van der Waals surface area contributed by atoms with E-state index >= 15 is 0 Å². The summed E-state index contributed by atoms with van der Waals surface area (Å²) < 4.78 is 23.9. The van der Waals surface area contributed by atoms with Crippen molar-refractivity contribution < 1.29 is 4.11 Å². The normalized spacial score (nSPS) is 14.0. The maximum atomic E-state index is 7.96. The molecule has 0 bridgehead atoms. The molecule has 0 saturated carbocycles. The van der Waals surface area contributed by atoms with Gasteiger partial charge in [-0.2, -0.15) is 0 Å². The molecule has 2 aromatic carbocycles. The van der Waals surface area contributed by atoms with Gasteiger partial charge in [-0.1, -0.05) is 80.6 Å². The van der Waals surface area contributed by atoms with Gasteiger partial charge in [-0.05, 0) is 23.5 Å². The van der Waals surface area contributed by atoms with E-state index in [1.807, 2.05) is 48.5 Å². The Hall–Kier alpha value is -2.41. The van der Waals surface area contributed by atoms with Crippen molar-refractivity contribution in [3.05, 3.63) is 89.6 Å². The minimum absolute atomic E-state index is 0.292. The molecule has 1 nitrogen and oxygen atoms in total. The summed E-state index contributed by atoms with van der Waals surface area (Å²) in [6, 6.07) is 21.3. The Morgan fingerprint density at radius 1 is 0.864 bits per heavy atom. The van der Waals surface area contributed by atoms with Crippen molar-refractivity contribution in [1.82, 2.24) is 4.98 Å². The summed E-state index contributed by atoms with van der Waals surface area (Å²) in [7, 11) is 0. The standard InChI is InChI=1S/C21H21N/c1-16-14-19(21(2,3)18-12-8-5-9-13-18)15-22-20(16)17-10-6-4-7-11-17/h4-15H,1-3H3/i1D3.